The Morgan fingerprint density at radius 3 is 2.71 bits per heavy atom. The third kappa shape index (κ3) is 3.10. The Balaban J connectivity index is 1.69. The molecule has 0 radical (unpaired) electrons. The van der Waals surface area contributed by atoms with E-state index in [0.717, 1.165) is 16.5 Å². The monoisotopic (exact) mass is 521 g/mol. The van der Waals surface area contributed by atoms with E-state index >= 15 is 0 Å². The molecule has 0 bridgehead atoms. The van der Waals surface area contributed by atoms with Gasteiger partial charge in [-0.25, -0.2) is 14.2 Å². The van der Waals surface area contributed by atoms with Gasteiger partial charge in [0.25, 0.3) is 5.56 Å². The number of ether oxygens (including phenoxy) is 1. The Kier molecular flexibility index (Phi) is 5.32. The van der Waals surface area contributed by atoms with E-state index in [-0.39, 0.29) is 30.7 Å². The average molecular weight is 522 g/mol. The number of amides is 1. The van der Waals surface area contributed by atoms with Crippen molar-refractivity contribution in [2.45, 2.75) is 70.8 Å². The van der Waals surface area contributed by atoms with Gasteiger partial charge in [-0.15, -0.1) is 0 Å². The zero-order valence-corrected chi connectivity index (χ0v) is 21.3. The first-order valence-electron chi connectivity index (χ1n) is 12.8. The molecule has 4 N–H and O–H groups in total. The van der Waals surface area contributed by atoms with Crippen molar-refractivity contribution < 1.29 is 28.9 Å². The van der Waals surface area contributed by atoms with Crippen LogP contribution in [-0.4, -0.2) is 37.7 Å². The molecule has 4 atom stereocenters. The summed E-state index contributed by atoms with van der Waals surface area (Å²) in [7, 11) is 0. The maximum atomic E-state index is 15.0. The fraction of sp³-hybridized carbons (Fsp3) is 0.429. The van der Waals surface area contributed by atoms with Crippen molar-refractivity contribution in [3.63, 3.8) is 0 Å². The molecule has 0 fully saturated rings. The number of nitrogens with zero attached hydrogens (tertiary/aromatic N) is 2. The first-order valence-corrected chi connectivity index (χ1v) is 12.8. The van der Waals surface area contributed by atoms with Crippen molar-refractivity contribution in [1.29, 1.82) is 0 Å². The second-order valence-corrected chi connectivity index (χ2v) is 10.6. The van der Waals surface area contributed by atoms with Gasteiger partial charge >= 0.3 is 5.97 Å². The summed E-state index contributed by atoms with van der Waals surface area (Å²) in [6.45, 7) is 4.73. The van der Waals surface area contributed by atoms with Gasteiger partial charge in [-0.3, -0.25) is 9.59 Å². The fourth-order valence-corrected chi connectivity index (χ4v) is 6.72. The molecule has 0 saturated carbocycles. The van der Waals surface area contributed by atoms with Crippen molar-refractivity contribution >= 4 is 22.8 Å². The highest BCUT2D eigenvalue weighted by Crippen LogP contribution is 2.49. The molecule has 1 aliphatic carbocycles. The number of nitrogens with two attached hydrogens (primary N) is 1. The average Bonchev–Trinajstić information content (AvgIpc) is 3.24. The first-order chi connectivity index (χ1) is 18.0. The Hall–Kier alpha value is -3.63. The lowest BCUT2D eigenvalue weighted by Crippen LogP contribution is -2.44. The van der Waals surface area contributed by atoms with Crippen LogP contribution in [-0.2, 0) is 39.5 Å². The molecule has 1 amide bonds. The summed E-state index contributed by atoms with van der Waals surface area (Å²) in [5, 5.41) is 22.4. The highest BCUT2D eigenvalue weighted by atomic mass is 19.1. The molecular weight excluding hydrogens is 493 g/mol. The van der Waals surface area contributed by atoms with Gasteiger partial charge in [-0.1, -0.05) is 6.92 Å². The molecule has 198 valence electrons. The number of cyclic esters (lactones) is 1. The Morgan fingerprint density at radius 2 is 2.05 bits per heavy atom. The lowest BCUT2D eigenvalue weighted by atomic mass is 9.71. The van der Waals surface area contributed by atoms with E-state index in [4.69, 9.17) is 15.5 Å². The number of esters is 1. The number of carbonyl (C=O) groups is 2. The molecule has 6 rings (SSSR count). The lowest BCUT2D eigenvalue weighted by molar-refractivity contribution is -0.172. The van der Waals surface area contributed by atoms with Crippen LogP contribution < -0.4 is 11.3 Å². The summed E-state index contributed by atoms with van der Waals surface area (Å²) >= 11 is 0. The lowest BCUT2D eigenvalue weighted by Gasteiger charge is -2.34. The normalized spacial score (nSPS) is 22.9. The Bertz CT molecular complexity index is 1640. The molecule has 3 aromatic rings. The second-order valence-electron chi connectivity index (χ2n) is 10.6. The van der Waals surface area contributed by atoms with Crippen LogP contribution in [0.25, 0.3) is 22.3 Å². The molecule has 2 aliphatic heterocycles. The Labute approximate surface area is 217 Å². The molecule has 9 nitrogen and oxygen atoms in total. The quantitative estimate of drug-likeness (QED) is 0.349. The molecule has 10 heteroatoms. The molecule has 38 heavy (non-hydrogen) atoms. The maximum Gasteiger partial charge on any atom is 0.343 e. The minimum Gasteiger partial charge on any atom is -0.458 e. The number of benzene rings is 1. The summed E-state index contributed by atoms with van der Waals surface area (Å²) in [6, 6.07) is 2.95. The van der Waals surface area contributed by atoms with Crippen LogP contribution in [0.4, 0.5) is 4.39 Å². The molecule has 0 saturated heterocycles. The van der Waals surface area contributed by atoms with Crippen LogP contribution >= 0.6 is 0 Å². The number of pyridine rings is 2. The minimum absolute atomic E-state index is 0.00951. The number of primary amides is 1. The van der Waals surface area contributed by atoms with E-state index < -0.39 is 46.8 Å². The number of aryl methyl sites for hydroxylation is 1. The van der Waals surface area contributed by atoms with E-state index in [1.807, 2.05) is 0 Å². The SMILES string of the molecule is CCC1(O)C(=O)OCc2c1cc1n(c2=O)Cc2c-1nc1cc(F)c(C)c3c1c2C(C(C(N)=O)C(C)O)CC3. The third-order valence-corrected chi connectivity index (χ3v) is 8.70. The van der Waals surface area contributed by atoms with Gasteiger partial charge in [-0.2, -0.15) is 0 Å². The molecule has 0 spiro atoms. The number of aromatic nitrogens is 2. The van der Waals surface area contributed by atoms with E-state index in [0.29, 0.717) is 40.9 Å². The van der Waals surface area contributed by atoms with Crippen molar-refractivity contribution in [1.82, 2.24) is 9.55 Å². The zero-order chi connectivity index (χ0) is 27.3. The van der Waals surface area contributed by atoms with Crippen LogP contribution in [0.2, 0.25) is 0 Å². The number of fused-ring (bicyclic) bond motifs is 5. The molecular formula is C28H28FN3O6. The Morgan fingerprint density at radius 1 is 1.32 bits per heavy atom. The third-order valence-electron chi connectivity index (χ3n) is 8.70. The number of rotatable bonds is 4. The van der Waals surface area contributed by atoms with E-state index in [1.165, 1.54) is 17.6 Å². The topological polar surface area (TPSA) is 145 Å². The van der Waals surface area contributed by atoms with Crippen molar-refractivity contribution in [3.8, 4) is 11.4 Å². The predicted octanol–water partition coefficient (Wildman–Crippen LogP) is 2.04. The van der Waals surface area contributed by atoms with Gasteiger partial charge in [0.2, 0.25) is 5.91 Å². The summed E-state index contributed by atoms with van der Waals surface area (Å²) < 4.78 is 21.7. The van der Waals surface area contributed by atoms with Crippen LogP contribution in [0.5, 0.6) is 0 Å². The number of halogens is 1. The first kappa shape index (κ1) is 24.7. The molecule has 4 heterocycles. The maximum absolute atomic E-state index is 15.0. The van der Waals surface area contributed by atoms with Crippen LogP contribution in [0.15, 0.2) is 16.9 Å². The molecule has 3 aliphatic rings. The fourth-order valence-electron chi connectivity index (χ4n) is 6.72. The summed E-state index contributed by atoms with van der Waals surface area (Å²) in [5.41, 5.74) is 7.64. The van der Waals surface area contributed by atoms with Gasteiger partial charge in [0.15, 0.2) is 5.60 Å². The highest BCUT2D eigenvalue weighted by Gasteiger charge is 2.46. The minimum atomic E-state index is -1.97. The summed E-state index contributed by atoms with van der Waals surface area (Å²) in [4.78, 5) is 43.5. The molecule has 1 aromatic carbocycles. The second kappa shape index (κ2) is 8.18. The summed E-state index contributed by atoms with van der Waals surface area (Å²) in [6.07, 6.45) is -0.0730. The van der Waals surface area contributed by atoms with Crippen LogP contribution in [0, 0.1) is 18.7 Å². The van der Waals surface area contributed by atoms with Crippen molar-refractivity contribution in [2.75, 3.05) is 0 Å². The molecule has 2 aromatic heterocycles. The van der Waals surface area contributed by atoms with E-state index in [1.54, 1.807) is 19.9 Å². The number of hydrogen-bond donors (Lipinski definition) is 3. The van der Waals surface area contributed by atoms with Gasteiger partial charge in [0, 0.05) is 22.6 Å². The van der Waals surface area contributed by atoms with Crippen LogP contribution in [0.1, 0.15) is 66.0 Å². The number of aliphatic hydroxyl groups is 2. The molecule has 4 unspecified atom stereocenters. The standard InChI is InChI=1S/C28H28FN3O6/c1-4-28(37)17-7-20-24-15(9-32(20)26(35)16(17)10-38-27(28)36)22-14(21(12(3)33)25(30)34)6-5-13-11(2)18(29)8-19(31-24)23(13)22/h7-8,12,14,21,33,37H,4-6,9-10H2,1-3H3,(H2,30,34). The number of hydrogen-bond acceptors (Lipinski definition) is 7. The van der Waals surface area contributed by atoms with Crippen molar-refractivity contribution in [3.05, 3.63) is 61.7 Å². The van der Waals surface area contributed by atoms with Gasteiger partial charge in [0.1, 0.15) is 12.4 Å². The smallest absolute Gasteiger partial charge is 0.343 e. The number of carbonyl (C=O) groups excluding carboxylic acids is 2. The highest BCUT2D eigenvalue weighted by molar-refractivity contribution is 5.94. The largest absolute Gasteiger partial charge is 0.458 e. The van der Waals surface area contributed by atoms with Gasteiger partial charge in [0.05, 0.1) is 41.0 Å². The predicted molar refractivity (Wildman–Crippen MR) is 135 cm³/mol. The zero-order valence-electron chi connectivity index (χ0n) is 21.3. The van der Waals surface area contributed by atoms with Crippen LogP contribution in [0.3, 0.4) is 0 Å². The van der Waals surface area contributed by atoms with Gasteiger partial charge < -0.3 is 25.3 Å². The van der Waals surface area contributed by atoms with Gasteiger partial charge in [-0.05, 0) is 61.8 Å². The van der Waals surface area contributed by atoms with E-state index in [2.05, 4.69) is 0 Å². The number of aliphatic hydroxyl groups excluding tert-OH is 1. The van der Waals surface area contributed by atoms with E-state index in [9.17, 15) is 29.0 Å². The summed E-state index contributed by atoms with van der Waals surface area (Å²) in [5.74, 6) is -3.23. The van der Waals surface area contributed by atoms with Crippen molar-refractivity contribution in [2.24, 2.45) is 11.7 Å².